The zero-order chi connectivity index (χ0) is 17.1. The Hall–Kier alpha value is -2.44. The van der Waals surface area contributed by atoms with Crippen molar-refractivity contribution in [3.8, 4) is 0 Å². The third-order valence-corrected chi connectivity index (χ3v) is 4.49. The predicted molar refractivity (Wildman–Crippen MR) is 96.1 cm³/mol. The maximum atomic E-state index is 12.2. The van der Waals surface area contributed by atoms with Gasteiger partial charge in [-0.3, -0.25) is 14.9 Å². The molecule has 2 heterocycles. The van der Waals surface area contributed by atoms with E-state index in [0.717, 1.165) is 10.4 Å². The van der Waals surface area contributed by atoms with E-state index < -0.39 is 11.5 Å². The SMILES string of the molecule is Cc1ccc(C(=O)Nc2ncc(Cc3cccc(Cl)c3)s2)c(=O)[nH]1. The quantitative estimate of drug-likeness (QED) is 0.746. The summed E-state index contributed by atoms with van der Waals surface area (Å²) in [6.45, 7) is 1.76. The number of hydrogen-bond acceptors (Lipinski definition) is 4. The molecule has 1 aromatic carbocycles. The third-order valence-electron chi connectivity index (χ3n) is 3.34. The Balaban J connectivity index is 1.71. The Morgan fingerprint density at radius 1 is 1.33 bits per heavy atom. The molecular formula is C17H14ClN3O2S. The fourth-order valence-corrected chi connectivity index (χ4v) is 3.27. The zero-order valence-corrected chi connectivity index (χ0v) is 14.4. The molecule has 0 saturated heterocycles. The van der Waals surface area contributed by atoms with E-state index in [2.05, 4.69) is 15.3 Å². The molecule has 2 aromatic heterocycles. The molecule has 3 aromatic rings. The molecular weight excluding hydrogens is 346 g/mol. The fraction of sp³-hybridized carbons (Fsp3) is 0.118. The highest BCUT2D eigenvalue weighted by molar-refractivity contribution is 7.15. The highest BCUT2D eigenvalue weighted by atomic mass is 35.5. The first-order chi connectivity index (χ1) is 11.5. The first-order valence-corrected chi connectivity index (χ1v) is 8.41. The van der Waals surface area contributed by atoms with Gasteiger partial charge in [0.25, 0.3) is 11.5 Å². The van der Waals surface area contributed by atoms with Crippen LogP contribution in [0.5, 0.6) is 0 Å². The van der Waals surface area contributed by atoms with E-state index in [4.69, 9.17) is 11.6 Å². The van der Waals surface area contributed by atoms with Crippen LogP contribution in [-0.2, 0) is 6.42 Å². The molecule has 2 N–H and O–H groups in total. The Bertz CT molecular complexity index is 949. The van der Waals surface area contributed by atoms with Crippen LogP contribution in [0, 0.1) is 6.92 Å². The number of rotatable bonds is 4. The van der Waals surface area contributed by atoms with Gasteiger partial charge >= 0.3 is 0 Å². The number of amides is 1. The number of aryl methyl sites for hydroxylation is 1. The first-order valence-electron chi connectivity index (χ1n) is 7.22. The van der Waals surface area contributed by atoms with Crippen molar-refractivity contribution in [1.29, 1.82) is 0 Å². The summed E-state index contributed by atoms with van der Waals surface area (Å²) in [6.07, 6.45) is 2.39. The van der Waals surface area contributed by atoms with E-state index in [1.807, 2.05) is 24.3 Å². The van der Waals surface area contributed by atoms with E-state index in [1.54, 1.807) is 19.2 Å². The van der Waals surface area contributed by atoms with Gasteiger partial charge in [-0.05, 0) is 36.8 Å². The monoisotopic (exact) mass is 359 g/mol. The molecule has 0 aliphatic carbocycles. The minimum absolute atomic E-state index is 0.0622. The molecule has 3 rings (SSSR count). The minimum atomic E-state index is -0.472. The number of carbonyl (C=O) groups excluding carboxylic acids is 1. The van der Waals surface area contributed by atoms with Gasteiger partial charge in [0.05, 0.1) is 0 Å². The van der Waals surface area contributed by atoms with Crippen molar-refractivity contribution >= 4 is 34.0 Å². The standard InChI is InChI=1S/C17H14ClN3O2S/c1-10-5-6-14(15(22)20-10)16(23)21-17-19-9-13(24-17)8-11-3-2-4-12(18)7-11/h2-7,9H,8H2,1H3,(H,20,22)(H,19,21,23). The van der Waals surface area contributed by atoms with Crippen molar-refractivity contribution in [3.05, 3.63) is 79.7 Å². The smallest absolute Gasteiger partial charge is 0.263 e. The van der Waals surface area contributed by atoms with E-state index in [-0.39, 0.29) is 5.56 Å². The lowest BCUT2D eigenvalue weighted by Crippen LogP contribution is -2.23. The molecule has 0 spiro atoms. The zero-order valence-electron chi connectivity index (χ0n) is 12.8. The van der Waals surface area contributed by atoms with Crippen LogP contribution in [0.4, 0.5) is 5.13 Å². The largest absolute Gasteiger partial charge is 0.326 e. The van der Waals surface area contributed by atoms with Gasteiger partial charge in [-0.2, -0.15) is 0 Å². The van der Waals surface area contributed by atoms with Gasteiger partial charge in [0.15, 0.2) is 5.13 Å². The molecule has 0 atom stereocenters. The van der Waals surface area contributed by atoms with Crippen LogP contribution in [0.1, 0.15) is 26.5 Å². The van der Waals surface area contributed by atoms with Crippen LogP contribution in [-0.4, -0.2) is 15.9 Å². The second-order valence-electron chi connectivity index (χ2n) is 5.28. The van der Waals surface area contributed by atoms with Crippen molar-refractivity contribution in [2.75, 3.05) is 5.32 Å². The lowest BCUT2D eigenvalue weighted by atomic mass is 10.1. The van der Waals surface area contributed by atoms with Crippen molar-refractivity contribution in [2.24, 2.45) is 0 Å². The number of benzene rings is 1. The van der Waals surface area contributed by atoms with Crippen LogP contribution in [0.2, 0.25) is 5.02 Å². The molecule has 0 bridgehead atoms. The summed E-state index contributed by atoms with van der Waals surface area (Å²) in [6, 6.07) is 10.8. The first kappa shape index (κ1) is 16.4. The number of anilines is 1. The van der Waals surface area contributed by atoms with E-state index in [0.29, 0.717) is 22.3 Å². The Morgan fingerprint density at radius 2 is 2.17 bits per heavy atom. The van der Waals surface area contributed by atoms with Crippen molar-refractivity contribution in [1.82, 2.24) is 9.97 Å². The second kappa shape index (κ2) is 6.98. The number of aromatic amines is 1. The molecule has 1 amide bonds. The number of carbonyl (C=O) groups is 1. The van der Waals surface area contributed by atoms with Crippen LogP contribution in [0.25, 0.3) is 0 Å². The van der Waals surface area contributed by atoms with E-state index in [1.165, 1.54) is 17.4 Å². The van der Waals surface area contributed by atoms with Gasteiger partial charge in [0.2, 0.25) is 0 Å². The number of nitrogens with zero attached hydrogens (tertiary/aromatic N) is 1. The summed E-state index contributed by atoms with van der Waals surface area (Å²) in [5.74, 6) is -0.472. The minimum Gasteiger partial charge on any atom is -0.326 e. The maximum Gasteiger partial charge on any atom is 0.263 e. The predicted octanol–water partition coefficient (Wildman–Crippen LogP) is 3.64. The van der Waals surface area contributed by atoms with Gasteiger partial charge in [0.1, 0.15) is 5.56 Å². The topological polar surface area (TPSA) is 74.8 Å². The second-order valence-corrected chi connectivity index (χ2v) is 6.83. The maximum absolute atomic E-state index is 12.2. The number of H-pyrrole nitrogens is 1. The lowest BCUT2D eigenvalue weighted by molar-refractivity contribution is 0.102. The van der Waals surface area contributed by atoms with Gasteiger partial charge in [0, 0.05) is 28.2 Å². The number of aromatic nitrogens is 2. The highest BCUT2D eigenvalue weighted by Gasteiger charge is 2.13. The fourth-order valence-electron chi connectivity index (χ4n) is 2.21. The number of halogens is 1. The average molecular weight is 360 g/mol. The molecule has 0 saturated carbocycles. The van der Waals surface area contributed by atoms with Crippen molar-refractivity contribution in [2.45, 2.75) is 13.3 Å². The summed E-state index contributed by atoms with van der Waals surface area (Å²) in [5, 5.41) is 3.80. The van der Waals surface area contributed by atoms with Gasteiger partial charge in [-0.15, -0.1) is 11.3 Å². The Kier molecular flexibility index (Phi) is 4.78. The van der Waals surface area contributed by atoms with Gasteiger partial charge < -0.3 is 4.98 Å². The van der Waals surface area contributed by atoms with Gasteiger partial charge in [-0.25, -0.2) is 4.98 Å². The highest BCUT2D eigenvalue weighted by Crippen LogP contribution is 2.22. The summed E-state index contributed by atoms with van der Waals surface area (Å²) in [4.78, 5) is 31.8. The Morgan fingerprint density at radius 3 is 2.92 bits per heavy atom. The van der Waals surface area contributed by atoms with Crippen LogP contribution < -0.4 is 10.9 Å². The van der Waals surface area contributed by atoms with Gasteiger partial charge in [-0.1, -0.05) is 23.7 Å². The molecule has 0 aliphatic heterocycles. The molecule has 0 aliphatic rings. The lowest BCUT2D eigenvalue weighted by Gasteiger charge is -2.01. The van der Waals surface area contributed by atoms with Crippen LogP contribution in [0.15, 0.2) is 47.4 Å². The van der Waals surface area contributed by atoms with E-state index >= 15 is 0 Å². The molecule has 0 radical (unpaired) electrons. The van der Waals surface area contributed by atoms with Crippen molar-refractivity contribution < 1.29 is 4.79 Å². The van der Waals surface area contributed by atoms with Crippen LogP contribution in [0.3, 0.4) is 0 Å². The molecule has 122 valence electrons. The summed E-state index contributed by atoms with van der Waals surface area (Å²) in [7, 11) is 0. The number of thiazole rings is 1. The molecule has 0 fully saturated rings. The Labute approximate surface area is 147 Å². The van der Waals surface area contributed by atoms with Crippen molar-refractivity contribution in [3.63, 3.8) is 0 Å². The molecule has 24 heavy (non-hydrogen) atoms. The summed E-state index contributed by atoms with van der Waals surface area (Å²) >= 11 is 7.34. The normalized spacial score (nSPS) is 10.6. The average Bonchev–Trinajstić information content (AvgIpc) is 2.94. The molecule has 5 nitrogen and oxygen atoms in total. The van der Waals surface area contributed by atoms with E-state index in [9.17, 15) is 9.59 Å². The molecule has 7 heteroatoms. The summed E-state index contributed by atoms with van der Waals surface area (Å²) < 4.78 is 0. The number of pyridine rings is 1. The third kappa shape index (κ3) is 3.90. The van der Waals surface area contributed by atoms with Crippen LogP contribution >= 0.6 is 22.9 Å². The number of hydrogen-bond donors (Lipinski definition) is 2. The summed E-state index contributed by atoms with van der Waals surface area (Å²) in [5.41, 5.74) is 1.42. The molecule has 0 unspecified atom stereocenters. The number of nitrogens with one attached hydrogen (secondary N) is 2.